The van der Waals surface area contributed by atoms with Gasteiger partial charge >= 0.3 is 0 Å². The fraction of sp³-hybridized carbons (Fsp3) is 0.125. The molecule has 0 saturated heterocycles. The predicted octanol–water partition coefficient (Wildman–Crippen LogP) is 4.03. The van der Waals surface area contributed by atoms with Crippen molar-refractivity contribution in [3.05, 3.63) is 95.7 Å². The second-order valence-corrected chi connectivity index (χ2v) is 7.40. The van der Waals surface area contributed by atoms with Crippen molar-refractivity contribution in [1.29, 1.82) is 0 Å². The first-order chi connectivity index (χ1) is 15.1. The van der Waals surface area contributed by atoms with E-state index >= 15 is 0 Å². The van der Waals surface area contributed by atoms with Crippen molar-refractivity contribution in [1.82, 2.24) is 24.7 Å². The van der Waals surface area contributed by atoms with Crippen LogP contribution in [0.25, 0.3) is 16.7 Å². The predicted molar refractivity (Wildman–Crippen MR) is 118 cm³/mol. The zero-order chi connectivity index (χ0) is 21.2. The average Bonchev–Trinajstić information content (AvgIpc) is 3.39. The van der Waals surface area contributed by atoms with Gasteiger partial charge < -0.3 is 19.4 Å². The van der Waals surface area contributed by atoms with E-state index < -0.39 is 0 Å². The van der Waals surface area contributed by atoms with Gasteiger partial charge in [-0.05, 0) is 48.9 Å². The molecular formula is C24H21N5O2. The molecule has 3 heterocycles. The highest BCUT2D eigenvalue weighted by atomic mass is 16.5. The zero-order valence-electron chi connectivity index (χ0n) is 17.0. The number of nitrogens with one attached hydrogen (secondary N) is 2. The van der Waals surface area contributed by atoms with Crippen LogP contribution in [0.1, 0.15) is 27.4 Å². The van der Waals surface area contributed by atoms with Gasteiger partial charge in [-0.3, -0.25) is 4.79 Å². The van der Waals surface area contributed by atoms with Crippen molar-refractivity contribution in [2.45, 2.75) is 20.1 Å². The maximum absolute atomic E-state index is 12.6. The van der Waals surface area contributed by atoms with Crippen LogP contribution in [-0.2, 0) is 13.2 Å². The van der Waals surface area contributed by atoms with Gasteiger partial charge in [0.15, 0.2) is 0 Å². The van der Waals surface area contributed by atoms with Gasteiger partial charge in [-0.25, -0.2) is 9.97 Å². The number of hydrogen-bond acceptors (Lipinski definition) is 4. The Morgan fingerprint density at radius 2 is 1.97 bits per heavy atom. The molecule has 0 spiro atoms. The largest absolute Gasteiger partial charge is 0.487 e. The molecule has 0 radical (unpaired) electrons. The Morgan fingerprint density at radius 3 is 2.87 bits per heavy atom. The minimum atomic E-state index is -0.186. The lowest BCUT2D eigenvalue weighted by atomic mass is 10.2. The summed E-state index contributed by atoms with van der Waals surface area (Å²) >= 11 is 0. The number of aromatic nitrogens is 4. The maximum Gasteiger partial charge on any atom is 0.251 e. The molecule has 7 nitrogen and oxygen atoms in total. The number of carbonyl (C=O) groups is 1. The van der Waals surface area contributed by atoms with E-state index in [2.05, 4.69) is 20.3 Å². The molecule has 7 heteroatoms. The molecule has 5 rings (SSSR count). The van der Waals surface area contributed by atoms with Crippen molar-refractivity contribution < 1.29 is 9.53 Å². The fourth-order valence-electron chi connectivity index (χ4n) is 3.46. The number of ether oxygens (including phenoxy) is 1. The quantitative estimate of drug-likeness (QED) is 0.442. The number of imidazole rings is 2. The summed E-state index contributed by atoms with van der Waals surface area (Å²) in [5.41, 5.74) is 5.22. The third-order valence-electron chi connectivity index (χ3n) is 4.99. The summed E-state index contributed by atoms with van der Waals surface area (Å²) in [4.78, 5) is 24.8. The van der Waals surface area contributed by atoms with Crippen molar-refractivity contribution >= 4 is 22.6 Å². The second-order valence-electron chi connectivity index (χ2n) is 7.40. The summed E-state index contributed by atoms with van der Waals surface area (Å²) in [5, 5.41) is 2.90. The topological polar surface area (TPSA) is 84.3 Å². The van der Waals surface area contributed by atoms with E-state index in [1.807, 2.05) is 66.2 Å². The molecule has 5 aromatic rings. The van der Waals surface area contributed by atoms with Gasteiger partial charge in [0, 0.05) is 18.0 Å². The van der Waals surface area contributed by atoms with Gasteiger partial charge in [0.05, 0.1) is 23.3 Å². The SMILES string of the molecule is Cc1ccc2nc(COc3cccc(C(=O)NCc4nc5ccccc5[nH]4)c3)cn2c1. The highest BCUT2D eigenvalue weighted by Crippen LogP contribution is 2.16. The second kappa shape index (κ2) is 7.95. The van der Waals surface area contributed by atoms with Crippen molar-refractivity contribution in [3.8, 4) is 5.75 Å². The van der Waals surface area contributed by atoms with E-state index in [9.17, 15) is 4.79 Å². The number of H-pyrrole nitrogens is 1. The molecular weight excluding hydrogens is 390 g/mol. The first kappa shape index (κ1) is 18.9. The van der Waals surface area contributed by atoms with Crippen LogP contribution in [0, 0.1) is 6.92 Å². The minimum absolute atomic E-state index is 0.186. The molecule has 2 N–H and O–H groups in total. The number of para-hydroxylation sites is 2. The van der Waals surface area contributed by atoms with E-state index in [1.54, 1.807) is 18.2 Å². The van der Waals surface area contributed by atoms with Crippen LogP contribution in [0.15, 0.2) is 73.1 Å². The summed E-state index contributed by atoms with van der Waals surface area (Å²) in [6, 6.07) is 18.9. The summed E-state index contributed by atoms with van der Waals surface area (Å²) in [7, 11) is 0. The first-order valence-corrected chi connectivity index (χ1v) is 10.0. The molecule has 2 aromatic carbocycles. The Labute approximate surface area is 178 Å². The monoisotopic (exact) mass is 411 g/mol. The number of benzene rings is 2. The number of pyridine rings is 1. The highest BCUT2D eigenvalue weighted by Gasteiger charge is 2.09. The lowest BCUT2D eigenvalue weighted by molar-refractivity contribution is 0.0949. The van der Waals surface area contributed by atoms with E-state index in [-0.39, 0.29) is 5.91 Å². The van der Waals surface area contributed by atoms with Crippen LogP contribution in [0.3, 0.4) is 0 Å². The molecule has 3 aromatic heterocycles. The van der Waals surface area contributed by atoms with E-state index in [0.29, 0.717) is 30.3 Å². The molecule has 0 atom stereocenters. The van der Waals surface area contributed by atoms with Gasteiger partial charge in [-0.15, -0.1) is 0 Å². The van der Waals surface area contributed by atoms with Gasteiger partial charge in [-0.2, -0.15) is 0 Å². The molecule has 0 bridgehead atoms. The normalized spacial score (nSPS) is 11.1. The van der Waals surface area contributed by atoms with E-state index in [4.69, 9.17) is 4.74 Å². The van der Waals surface area contributed by atoms with Crippen LogP contribution >= 0.6 is 0 Å². The lowest BCUT2D eigenvalue weighted by Crippen LogP contribution is -2.23. The lowest BCUT2D eigenvalue weighted by Gasteiger charge is -2.07. The van der Waals surface area contributed by atoms with E-state index in [1.165, 1.54) is 5.56 Å². The minimum Gasteiger partial charge on any atom is -0.487 e. The highest BCUT2D eigenvalue weighted by molar-refractivity contribution is 5.94. The number of rotatable bonds is 6. The van der Waals surface area contributed by atoms with Crippen LogP contribution in [0.2, 0.25) is 0 Å². The van der Waals surface area contributed by atoms with Crippen molar-refractivity contribution in [2.24, 2.45) is 0 Å². The number of nitrogens with zero attached hydrogens (tertiary/aromatic N) is 3. The van der Waals surface area contributed by atoms with Crippen molar-refractivity contribution in [3.63, 3.8) is 0 Å². The molecule has 0 aliphatic carbocycles. The van der Waals surface area contributed by atoms with Crippen molar-refractivity contribution in [2.75, 3.05) is 0 Å². The first-order valence-electron chi connectivity index (χ1n) is 10.0. The van der Waals surface area contributed by atoms with Gasteiger partial charge in [-0.1, -0.05) is 24.3 Å². The van der Waals surface area contributed by atoms with Crippen LogP contribution in [0.4, 0.5) is 0 Å². The zero-order valence-corrected chi connectivity index (χ0v) is 17.0. The Kier molecular flexibility index (Phi) is 4.84. The number of aromatic amines is 1. The molecule has 154 valence electrons. The van der Waals surface area contributed by atoms with Gasteiger partial charge in [0.2, 0.25) is 0 Å². The molecule has 0 aliphatic heterocycles. The summed E-state index contributed by atoms with van der Waals surface area (Å²) < 4.78 is 7.85. The third kappa shape index (κ3) is 4.11. The average molecular weight is 411 g/mol. The van der Waals surface area contributed by atoms with Gasteiger partial charge in [0.1, 0.15) is 23.8 Å². The summed E-state index contributed by atoms with van der Waals surface area (Å²) in [6.07, 6.45) is 3.98. The molecule has 0 fully saturated rings. The summed E-state index contributed by atoms with van der Waals surface area (Å²) in [5.74, 6) is 1.14. The van der Waals surface area contributed by atoms with Crippen LogP contribution in [0.5, 0.6) is 5.75 Å². The van der Waals surface area contributed by atoms with E-state index in [0.717, 1.165) is 22.4 Å². The Balaban J connectivity index is 1.22. The van der Waals surface area contributed by atoms with Crippen LogP contribution < -0.4 is 10.1 Å². The Morgan fingerprint density at radius 1 is 1.06 bits per heavy atom. The standard InChI is InChI=1S/C24H21N5O2/c1-16-9-10-23-26-18(14-29(23)13-16)15-31-19-6-4-5-17(11-19)24(30)25-12-22-27-20-7-2-3-8-21(20)28-22/h2-11,13-14H,12,15H2,1H3,(H,25,30)(H,27,28). The molecule has 0 saturated carbocycles. The fourth-order valence-corrected chi connectivity index (χ4v) is 3.46. The number of aryl methyl sites for hydroxylation is 1. The number of fused-ring (bicyclic) bond motifs is 2. The Bertz CT molecular complexity index is 1350. The van der Waals surface area contributed by atoms with Gasteiger partial charge in [0.25, 0.3) is 5.91 Å². The number of amides is 1. The molecule has 1 amide bonds. The molecule has 31 heavy (non-hydrogen) atoms. The third-order valence-corrected chi connectivity index (χ3v) is 4.99. The number of hydrogen-bond donors (Lipinski definition) is 2. The maximum atomic E-state index is 12.6. The smallest absolute Gasteiger partial charge is 0.251 e. The summed E-state index contributed by atoms with van der Waals surface area (Å²) in [6.45, 7) is 2.68. The molecule has 0 unspecified atom stereocenters. The van der Waals surface area contributed by atoms with Crippen LogP contribution in [-0.4, -0.2) is 25.3 Å². The molecule has 0 aliphatic rings. The number of carbonyl (C=O) groups excluding carboxylic acids is 1. The Hall–Kier alpha value is -4.13.